The van der Waals surface area contributed by atoms with Crippen LogP contribution in [0.3, 0.4) is 0 Å². The van der Waals surface area contributed by atoms with Crippen LogP contribution >= 0.6 is 34.8 Å². The number of amides is 4. The number of carbonyl (C=O) groups is 4. The molecule has 54 heavy (non-hydrogen) atoms. The average molecular weight is 796 g/mol. The molecule has 2 aliphatic heterocycles. The number of nitrogens with zero attached hydrogens (tertiary/aromatic N) is 3. The largest absolute Gasteiger partial charge is 0.507 e. The molecule has 9 nitrogen and oxygen atoms in total. The standard InChI is InChI=1S/C39H28Cl3F3N4O5/c1-18-3-2-4-26(32(18)50)31-24-13-14-25-30(36(53)48(34(25)51)23-11-9-22(41)10-12-23)27(24)16-28-35(52)49(37(54)38(28,31)19-5-7-21(40)8-6-19)47-33-29(42)15-20(17-46-33)39(43,44)45/h2-13,15,17,25,27-28,30-31,50H,14,16H2,1H3,(H,46,47). The minimum Gasteiger partial charge on any atom is -0.507 e. The number of nitrogens with one attached hydrogen (secondary N) is 1. The Kier molecular flexibility index (Phi) is 8.59. The first-order valence-electron chi connectivity index (χ1n) is 16.9. The zero-order valence-electron chi connectivity index (χ0n) is 28.1. The Morgan fingerprint density at radius 3 is 2.20 bits per heavy atom. The van der Waals surface area contributed by atoms with Gasteiger partial charge in [-0.15, -0.1) is 0 Å². The molecule has 0 bridgehead atoms. The minimum atomic E-state index is -4.75. The van der Waals surface area contributed by atoms with Gasteiger partial charge < -0.3 is 5.11 Å². The van der Waals surface area contributed by atoms with Gasteiger partial charge in [0.25, 0.3) is 11.8 Å². The molecule has 8 rings (SSSR count). The molecule has 276 valence electrons. The maximum atomic E-state index is 15.3. The third-order valence-corrected chi connectivity index (χ3v) is 12.0. The first kappa shape index (κ1) is 36.1. The first-order valence-corrected chi connectivity index (χ1v) is 18.0. The van der Waals surface area contributed by atoms with Crippen LogP contribution in [0.5, 0.6) is 5.75 Å². The quantitative estimate of drug-likeness (QED) is 0.154. The molecule has 2 saturated heterocycles. The van der Waals surface area contributed by atoms with E-state index < -0.39 is 75.4 Å². The lowest BCUT2D eigenvalue weighted by Gasteiger charge is -2.50. The van der Waals surface area contributed by atoms with Crippen LogP contribution in [0.1, 0.15) is 41.0 Å². The molecule has 6 atom stereocenters. The summed E-state index contributed by atoms with van der Waals surface area (Å²) in [6, 6.07) is 18.3. The predicted octanol–water partition coefficient (Wildman–Crippen LogP) is 8.26. The second-order valence-corrected chi connectivity index (χ2v) is 15.2. The average Bonchev–Trinajstić information content (AvgIpc) is 3.51. The van der Waals surface area contributed by atoms with Crippen molar-refractivity contribution < 1.29 is 37.5 Å². The lowest BCUT2D eigenvalue weighted by atomic mass is 9.49. The molecule has 2 aliphatic carbocycles. The molecule has 2 N–H and O–H groups in total. The SMILES string of the molecule is Cc1cccc(C2C3=CCC4C(=O)N(c5ccc(Cl)cc5)C(=O)C4C3CC3C(=O)N(Nc4ncc(C(F)(F)F)cc4Cl)C(=O)C32c2ccc(Cl)cc2)c1O. The highest BCUT2D eigenvalue weighted by Gasteiger charge is 2.70. The molecule has 0 spiro atoms. The summed E-state index contributed by atoms with van der Waals surface area (Å²) in [7, 11) is 0. The third-order valence-electron chi connectivity index (χ3n) is 11.2. The number of alkyl halides is 3. The van der Waals surface area contributed by atoms with Gasteiger partial charge in [0.15, 0.2) is 5.82 Å². The second-order valence-electron chi connectivity index (χ2n) is 13.9. The number of carbonyl (C=O) groups excluding carboxylic acids is 4. The Balaban J connectivity index is 1.32. The van der Waals surface area contributed by atoms with Crippen molar-refractivity contribution in [2.75, 3.05) is 10.3 Å². The number of phenolic OH excluding ortho intramolecular Hbond substituents is 1. The molecule has 3 aromatic carbocycles. The Morgan fingerprint density at radius 2 is 1.56 bits per heavy atom. The Bertz CT molecular complexity index is 2300. The number of hydrogen-bond donors (Lipinski definition) is 2. The molecule has 3 fully saturated rings. The molecular weight excluding hydrogens is 768 g/mol. The maximum absolute atomic E-state index is 15.3. The summed E-state index contributed by atoms with van der Waals surface area (Å²) < 4.78 is 40.4. The molecular formula is C39H28Cl3F3N4O5. The summed E-state index contributed by atoms with van der Waals surface area (Å²) in [6.07, 6.45) is -2.31. The number of para-hydroxylation sites is 1. The van der Waals surface area contributed by atoms with Crippen molar-refractivity contribution >= 4 is 69.9 Å². The number of halogens is 6. The van der Waals surface area contributed by atoms with Gasteiger partial charge in [-0.3, -0.25) is 29.5 Å². The van der Waals surface area contributed by atoms with E-state index >= 15 is 4.79 Å². The topological polar surface area (TPSA) is 120 Å². The Labute approximate surface area is 321 Å². The first-order chi connectivity index (χ1) is 25.6. The molecule has 4 aliphatic rings. The van der Waals surface area contributed by atoms with Crippen LogP contribution in [0.25, 0.3) is 0 Å². The highest BCUT2D eigenvalue weighted by atomic mass is 35.5. The molecule has 4 amide bonds. The van der Waals surface area contributed by atoms with Crippen LogP contribution in [0.15, 0.2) is 90.6 Å². The van der Waals surface area contributed by atoms with Crippen LogP contribution in [-0.2, 0) is 30.8 Å². The zero-order valence-corrected chi connectivity index (χ0v) is 30.3. The number of aryl methyl sites for hydroxylation is 1. The van der Waals surface area contributed by atoms with E-state index in [1.165, 1.54) is 0 Å². The number of benzene rings is 3. The normalized spacial score (nSPS) is 26.4. The monoisotopic (exact) mass is 794 g/mol. The van der Waals surface area contributed by atoms with Crippen LogP contribution in [0, 0.1) is 30.6 Å². The number of allylic oxidation sites excluding steroid dienone is 2. The van der Waals surface area contributed by atoms with E-state index in [1.807, 2.05) is 6.08 Å². The van der Waals surface area contributed by atoms with Crippen molar-refractivity contribution in [2.24, 2.45) is 23.7 Å². The van der Waals surface area contributed by atoms with E-state index in [0.29, 0.717) is 55.3 Å². The van der Waals surface area contributed by atoms with Crippen molar-refractivity contribution in [3.8, 4) is 5.75 Å². The number of anilines is 2. The van der Waals surface area contributed by atoms with Gasteiger partial charge in [-0.1, -0.05) is 76.8 Å². The van der Waals surface area contributed by atoms with Gasteiger partial charge in [0.05, 0.1) is 39.4 Å². The van der Waals surface area contributed by atoms with E-state index in [2.05, 4.69) is 10.4 Å². The van der Waals surface area contributed by atoms with Gasteiger partial charge in [0.1, 0.15) is 5.75 Å². The van der Waals surface area contributed by atoms with Crippen molar-refractivity contribution in [1.82, 2.24) is 9.99 Å². The fourth-order valence-electron chi connectivity index (χ4n) is 8.89. The highest BCUT2D eigenvalue weighted by molar-refractivity contribution is 6.33. The summed E-state index contributed by atoms with van der Waals surface area (Å²) in [4.78, 5) is 63.4. The van der Waals surface area contributed by atoms with Crippen LogP contribution in [0.2, 0.25) is 15.1 Å². The Morgan fingerprint density at radius 1 is 0.889 bits per heavy atom. The summed E-state index contributed by atoms with van der Waals surface area (Å²) in [5.74, 6) is -7.65. The summed E-state index contributed by atoms with van der Waals surface area (Å²) in [6.45, 7) is 1.69. The predicted molar refractivity (Wildman–Crippen MR) is 194 cm³/mol. The van der Waals surface area contributed by atoms with E-state index in [4.69, 9.17) is 34.8 Å². The number of imide groups is 2. The van der Waals surface area contributed by atoms with Gasteiger partial charge in [-0.25, -0.2) is 4.98 Å². The number of hydrazine groups is 1. The summed E-state index contributed by atoms with van der Waals surface area (Å²) in [5, 5.41) is 12.7. The van der Waals surface area contributed by atoms with Gasteiger partial charge in [-0.2, -0.15) is 18.2 Å². The molecule has 6 unspecified atom stereocenters. The number of phenols is 1. The number of aromatic hydroxyl groups is 1. The van der Waals surface area contributed by atoms with E-state index in [0.717, 1.165) is 4.90 Å². The van der Waals surface area contributed by atoms with Gasteiger partial charge in [0, 0.05) is 27.7 Å². The molecule has 0 radical (unpaired) electrons. The van der Waals surface area contributed by atoms with Crippen LogP contribution < -0.4 is 10.3 Å². The lowest BCUT2D eigenvalue weighted by molar-refractivity contribution is -0.139. The lowest BCUT2D eigenvalue weighted by Crippen LogP contribution is -2.53. The smallest absolute Gasteiger partial charge is 0.417 e. The van der Waals surface area contributed by atoms with E-state index in [9.17, 15) is 32.7 Å². The van der Waals surface area contributed by atoms with Crippen LogP contribution in [-0.4, -0.2) is 38.7 Å². The van der Waals surface area contributed by atoms with Gasteiger partial charge in [-0.05, 0) is 79.3 Å². The fourth-order valence-corrected chi connectivity index (χ4v) is 9.35. The number of pyridine rings is 1. The Hall–Kier alpha value is -4.91. The van der Waals surface area contributed by atoms with Crippen molar-refractivity contribution in [3.63, 3.8) is 0 Å². The molecule has 1 aromatic heterocycles. The molecule has 15 heteroatoms. The van der Waals surface area contributed by atoms with Crippen molar-refractivity contribution in [3.05, 3.63) is 128 Å². The van der Waals surface area contributed by atoms with Crippen molar-refractivity contribution in [1.29, 1.82) is 0 Å². The fraction of sp³-hybridized carbons (Fsp3) is 0.256. The summed E-state index contributed by atoms with van der Waals surface area (Å²) >= 11 is 18.7. The number of hydrogen-bond acceptors (Lipinski definition) is 7. The van der Waals surface area contributed by atoms with Crippen molar-refractivity contribution in [2.45, 2.75) is 37.3 Å². The van der Waals surface area contributed by atoms with Gasteiger partial charge in [0.2, 0.25) is 11.8 Å². The number of aromatic nitrogens is 1. The minimum absolute atomic E-state index is 0.0664. The number of rotatable bonds is 5. The zero-order chi connectivity index (χ0) is 38.4. The summed E-state index contributed by atoms with van der Waals surface area (Å²) in [5.41, 5.74) is 1.79. The van der Waals surface area contributed by atoms with E-state index in [1.54, 1.807) is 73.7 Å². The molecule has 4 aromatic rings. The maximum Gasteiger partial charge on any atom is 0.417 e. The highest BCUT2D eigenvalue weighted by Crippen LogP contribution is 2.65. The number of fused-ring (bicyclic) bond motifs is 4. The van der Waals surface area contributed by atoms with Crippen LogP contribution in [0.4, 0.5) is 24.7 Å². The molecule has 3 heterocycles. The second kappa shape index (κ2) is 12.9. The van der Waals surface area contributed by atoms with Gasteiger partial charge >= 0.3 is 6.18 Å². The third kappa shape index (κ3) is 5.32. The van der Waals surface area contributed by atoms with E-state index in [-0.39, 0.29) is 24.4 Å². The molecule has 1 saturated carbocycles.